The van der Waals surface area contributed by atoms with Gasteiger partial charge in [-0.25, -0.2) is 4.79 Å². The Bertz CT molecular complexity index is 1840. The topological polar surface area (TPSA) is 109 Å². The van der Waals surface area contributed by atoms with Crippen LogP contribution in [-0.4, -0.2) is 10.9 Å². The number of aryl methyl sites for hydroxylation is 1. The maximum absolute atomic E-state index is 13.9. The van der Waals surface area contributed by atoms with Crippen LogP contribution in [0.25, 0.3) is 21.7 Å². The van der Waals surface area contributed by atoms with Crippen molar-refractivity contribution >= 4 is 33.4 Å². The van der Waals surface area contributed by atoms with Crippen LogP contribution in [0.3, 0.4) is 0 Å². The SMILES string of the molecule is Cc1cc(C(=O)Oc2ccc3c(=O)c(Oc4ccc5ccccc5c4)c(C(F)(F)F)oc3c2)ccc1[N+](=O)[O-]. The van der Waals surface area contributed by atoms with E-state index in [4.69, 9.17) is 13.9 Å². The molecule has 0 aliphatic rings. The second-order valence-corrected chi connectivity index (χ2v) is 8.50. The predicted octanol–water partition coefficient (Wildman–Crippen LogP) is 7.19. The Morgan fingerprint density at radius 1 is 0.923 bits per heavy atom. The number of esters is 1. The average molecular weight is 535 g/mol. The van der Waals surface area contributed by atoms with Gasteiger partial charge in [0.1, 0.15) is 17.1 Å². The van der Waals surface area contributed by atoms with Crippen LogP contribution >= 0.6 is 0 Å². The number of benzene rings is 4. The van der Waals surface area contributed by atoms with E-state index in [2.05, 4.69) is 0 Å². The molecule has 1 aromatic heterocycles. The third kappa shape index (κ3) is 5.01. The van der Waals surface area contributed by atoms with Crippen molar-refractivity contribution in [3.8, 4) is 17.2 Å². The van der Waals surface area contributed by atoms with Crippen molar-refractivity contribution in [3.05, 3.63) is 116 Å². The van der Waals surface area contributed by atoms with Crippen molar-refractivity contribution in [2.24, 2.45) is 0 Å². The van der Waals surface area contributed by atoms with E-state index >= 15 is 0 Å². The normalized spacial score (nSPS) is 11.5. The second kappa shape index (κ2) is 9.60. The van der Waals surface area contributed by atoms with Crippen molar-refractivity contribution in [2.45, 2.75) is 13.1 Å². The molecular formula is C28H16F3NO7. The molecule has 0 fully saturated rings. The van der Waals surface area contributed by atoms with Gasteiger partial charge in [0.2, 0.25) is 11.2 Å². The van der Waals surface area contributed by atoms with E-state index in [0.717, 1.165) is 23.6 Å². The van der Waals surface area contributed by atoms with Crippen molar-refractivity contribution in [3.63, 3.8) is 0 Å². The van der Waals surface area contributed by atoms with E-state index in [1.54, 1.807) is 24.3 Å². The van der Waals surface area contributed by atoms with Gasteiger partial charge in [0, 0.05) is 17.7 Å². The van der Waals surface area contributed by atoms with Gasteiger partial charge in [-0.1, -0.05) is 30.3 Å². The minimum absolute atomic E-state index is 0.00907. The van der Waals surface area contributed by atoms with Crippen molar-refractivity contribution in [2.75, 3.05) is 0 Å². The van der Waals surface area contributed by atoms with Gasteiger partial charge >= 0.3 is 12.1 Å². The molecule has 0 saturated heterocycles. The van der Waals surface area contributed by atoms with E-state index in [0.29, 0.717) is 5.39 Å². The second-order valence-electron chi connectivity index (χ2n) is 8.50. The summed E-state index contributed by atoms with van der Waals surface area (Å²) in [4.78, 5) is 36.0. The highest BCUT2D eigenvalue weighted by Gasteiger charge is 2.40. The van der Waals surface area contributed by atoms with Gasteiger partial charge in [-0.05, 0) is 54.1 Å². The highest BCUT2D eigenvalue weighted by Crippen LogP contribution is 2.39. The molecule has 4 aromatic carbocycles. The Hall–Kier alpha value is -5.19. The van der Waals surface area contributed by atoms with Gasteiger partial charge in [-0.2, -0.15) is 13.2 Å². The number of halogens is 3. The number of nitro benzene ring substituents is 1. The molecule has 0 atom stereocenters. The average Bonchev–Trinajstić information content (AvgIpc) is 2.89. The van der Waals surface area contributed by atoms with Crippen LogP contribution < -0.4 is 14.9 Å². The molecule has 0 N–H and O–H groups in total. The van der Waals surface area contributed by atoms with Gasteiger partial charge in [-0.15, -0.1) is 0 Å². The molecule has 0 bridgehead atoms. The Labute approximate surface area is 217 Å². The number of hydrogen-bond donors (Lipinski definition) is 0. The van der Waals surface area contributed by atoms with E-state index in [9.17, 15) is 32.9 Å². The quantitative estimate of drug-likeness (QED) is 0.101. The van der Waals surface area contributed by atoms with Crippen LogP contribution in [0.1, 0.15) is 21.7 Å². The minimum atomic E-state index is -5.08. The number of carbonyl (C=O) groups excluding carboxylic acids is 1. The fourth-order valence-electron chi connectivity index (χ4n) is 4.00. The first-order valence-corrected chi connectivity index (χ1v) is 11.3. The summed E-state index contributed by atoms with van der Waals surface area (Å²) in [7, 11) is 0. The number of alkyl halides is 3. The number of hydrogen-bond acceptors (Lipinski definition) is 7. The van der Waals surface area contributed by atoms with Gasteiger partial charge in [0.15, 0.2) is 0 Å². The summed E-state index contributed by atoms with van der Waals surface area (Å²) in [6.07, 6.45) is -5.08. The Morgan fingerprint density at radius 3 is 2.33 bits per heavy atom. The highest BCUT2D eigenvalue weighted by atomic mass is 19.4. The lowest BCUT2D eigenvalue weighted by Crippen LogP contribution is -2.15. The Morgan fingerprint density at radius 2 is 1.64 bits per heavy atom. The summed E-state index contributed by atoms with van der Waals surface area (Å²) in [6, 6.07) is 18.6. The van der Waals surface area contributed by atoms with E-state index in [1.807, 2.05) is 6.07 Å². The molecule has 1 heterocycles. The molecular weight excluding hydrogens is 519 g/mol. The van der Waals surface area contributed by atoms with Crippen molar-refractivity contribution in [1.29, 1.82) is 0 Å². The smallest absolute Gasteiger partial charge is 0.449 e. The lowest BCUT2D eigenvalue weighted by atomic mass is 10.1. The summed E-state index contributed by atoms with van der Waals surface area (Å²) >= 11 is 0. The Kier molecular flexibility index (Phi) is 6.27. The molecule has 0 aliphatic carbocycles. The summed E-state index contributed by atoms with van der Waals surface area (Å²) in [6.45, 7) is 1.44. The summed E-state index contributed by atoms with van der Waals surface area (Å²) < 4.78 is 57.5. The number of ether oxygens (including phenoxy) is 2. The molecule has 0 saturated carbocycles. The van der Waals surface area contributed by atoms with E-state index in [1.165, 1.54) is 37.3 Å². The zero-order valence-electron chi connectivity index (χ0n) is 19.9. The zero-order chi connectivity index (χ0) is 27.9. The molecule has 39 heavy (non-hydrogen) atoms. The number of nitro groups is 1. The highest BCUT2D eigenvalue weighted by molar-refractivity contribution is 5.92. The van der Waals surface area contributed by atoms with Gasteiger partial charge in [-0.3, -0.25) is 14.9 Å². The maximum atomic E-state index is 13.9. The molecule has 8 nitrogen and oxygen atoms in total. The first kappa shape index (κ1) is 25.5. The fraction of sp³-hybridized carbons (Fsp3) is 0.0714. The van der Waals surface area contributed by atoms with Crippen LogP contribution in [0.5, 0.6) is 17.2 Å². The van der Waals surface area contributed by atoms with Crippen LogP contribution in [0, 0.1) is 17.0 Å². The summed E-state index contributed by atoms with van der Waals surface area (Å²) in [5.41, 5.74) is -1.55. The van der Waals surface area contributed by atoms with E-state index in [-0.39, 0.29) is 33.7 Å². The summed E-state index contributed by atoms with van der Waals surface area (Å²) in [5, 5.41) is 12.3. The minimum Gasteiger partial charge on any atom is -0.449 e. The maximum Gasteiger partial charge on any atom is 0.453 e. The Balaban J connectivity index is 1.51. The predicted molar refractivity (Wildman–Crippen MR) is 134 cm³/mol. The van der Waals surface area contributed by atoms with Crippen LogP contribution in [-0.2, 0) is 6.18 Å². The van der Waals surface area contributed by atoms with Crippen LogP contribution in [0.4, 0.5) is 18.9 Å². The molecule has 5 rings (SSSR count). The van der Waals surface area contributed by atoms with Gasteiger partial charge < -0.3 is 13.9 Å². The molecule has 11 heteroatoms. The molecule has 0 spiro atoms. The zero-order valence-corrected chi connectivity index (χ0v) is 19.9. The first-order valence-electron chi connectivity index (χ1n) is 11.3. The monoisotopic (exact) mass is 535 g/mol. The fourth-order valence-corrected chi connectivity index (χ4v) is 4.00. The van der Waals surface area contributed by atoms with Crippen LogP contribution in [0.15, 0.2) is 88.1 Å². The molecule has 0 radical (unpaired) electrons. The van der Waals surface area contributed by atoms with Crippen LogP contribution in [0.2, 0.25) is 0 Å². The van der Waals surface area contributed by atoms with Crippen molar-refractivity contribution < 1.29 is 36.8 Å². The molecule has 0 aliphatic heterocycles. The summed E-state index contributed by atoms with van der Waals surface area (Å²) in [5.74, 6) is -3.79. The molecule has 196 valence electrons. The van der Waals surface area contributed by atoms with Gasteiger partial charge in [0.25, 0.3) is 11.4 Å². The number of fused-ring (bicyclic) bond motifs is 2. The third-order valence-corrected chi connectivity index (χ3v) is 5.86. The van der Waals surface area contributed by atoms with E-state index < -0.39 is 39.6 Å². The molecule has 0 unspecified atom stereocenters. The standard InChI is InChI=1S/C28H16F3NO7/c1-15-12-18(7-11-22(15)32(35)36)27(34)38-20-9-10-21-23(14-20)39-26(28(29,30)31)25(24(21)33)37-19-8-6-16-4-2-3-5-17(16)13-19/h2-14H,1H3. The van der Waals surface area contributed by atoms with Gasteiger partial charge in [0.05, 0.1) is 15.9 Å². The number of rotatable bonds is 5. The third-order valence-electron chi connectivity index (χ3n) is 5.86. The lowest BCUT2D eigenvalue weighted by Gasteiger charge is -2.14. The van der Waals surface area contributed by atoms with Crippen molar-refractivity contribution in [1.82, 2.24) is 0 Å². The lowest BCUT2D eigenvalue weighted by molar-refractivity contribution is -0.385. The first-order chi connectivity index (χ1) is 18.5. The molecule has 0 amide bonds. The number of nitrogens with zero attached hydrogens (tertiary/aromatic N) is 1. The molecule has 5 aromatic rings. The number of carbonyl (C=O) groups is 1. The largest absolute Gasteiger partial charge is 0.453 e.